The highest BCUT2D eigenvalue weighted by atomic mass is 16.2. The number of hydrogen-bond donors (Lipinski definition) is 2. The van der Waals surface area contributed by atoms with Crippen LogP contribution in [-0.4, -0.2) is 30.3 Å². The molecule has 0 aliphatic heterocycles. The van der Waals surface area contributed by atoms with Crippen molar-refractivity contribution in [2.75, 3.05) is 6.54 Å². The van der Waals surface area contributed by atoms with Crippen molar-refractivity contribution in [1.29, 1.82) is 0 Å². The molecule has 0 saturated heterocycles. The molecule has 0 radical (unpaired) electrons. The van der Waals surface area contributed by atoms with Gasteiger partial charge in [-0.25, -0.2) is 0 Å². The molecule has 1 amide bonds. The van der Waals surface area contributed by atoms with E-state index in [4.69, 9.17) is 0 Å². The first-order valence-corrected chi connectivity index (χ1v) is 6.68. The summed E-state index contributed by atoms with van der Waals surface area (Å²) in [6.45, 7) is 14.1. The molecule has 106 valence electrons. The summed E-state index contributed by atoms with van der Waals surface area (Å²) < 4.78 is 0. The second-order valence-corrected chi connectivity index (χ2v) is 6.14. The zero-order valence-corrected chi connectivity index (χ0v) is 12.8. The Morgan fingerprint density at radius 3 is 1.94 bits per heavy atom. The first-order chi connectivity index (χ1) is 8.11. The van der Waals surface area contributed by atoms with Crippen LogP contribution in [0.1, 0.15) is 48.5 Å². The van der Waals surface area contributed by atoms with Gasteiger partial charge in [0.25, 0.3) is 0 Å². The SMILES string of the molecule is CCN[C@@H](C)C(=O)NC(C(=O)C(C)C)C(C)(C)C. The third-order valence-corrected chi connectivity index (χ3v) is 2.91. The van der Waals surface area contributed by atoms with E-state index in [0.717, 1.165) is 6.54 Å². The Bertz CT molecular complexity index is 293. The fourth-order valence-corrected chi connectivity index (χ4v) is 1.71. The van der Waals surface area contributed by atoms with Crippen molar-refractivity contribution < 1.29 is 9.59 Å². The van der Waals surface area contributed by atoms with Crippen LogP contribution in [0.5, 0.6) is 0 Å². The van der Waals surface area contributed by atoms with E-state index < -0.39 is 6.04 Å². The van der Waals surface area contributed by atoms with E-state index in [1.807, 2.05) is 41.5 Å². The van der Waals surface area contributed by atoms with E-state index in [1.54, 1.807) is 6.92 Å². The van der Waals surface area contributed by atoms with Crippen LogP contribution in [-0.2, 0) is 9.59 Å². The molecular formula is C14H28N2O2. The molecule has 0 saturated carbocycles. The Kier molecular flexibility index (Phi) is 6.54. The molecule has 0 aromatic rings. The predicted molar refractivity (Wildman–Crippen MR) is 74.4 cm³/mol. The first kappa shape index (κ1) is 17.1. The van der Waals surface area contributed by atoms with E-state index in [2.05, 4.69) is 10.6 Å². The fourth-order valence-electron chi connectivity index (χ4n) is 1.71. The summed E-state index contributed by atoms with van der Waals surface area (Å²) in [5.41, 5.74) is -0.275. The van der Waals surface area contributed by atoms with Crippen molar-refractivity contribution in [2.24, 2.45) is 11.3 Å². The smallest absolute Gasteiger partial charge is 0.237 e. The summed E-state index contributed by atoms with van der Waals surface area (Å²) in [5, 5.41) is 5.92. The third kappa shape index (κ3) is 5.17. The Hall–Kier alpha value is -0.900. The summed E-state index contributed by atoms with van der Waals surface area (Å²) >= 11 is 0. The van der Waals surface area contributed by atoms with Crippen molar-refractivity contribution in [3.8, 4) is 0 Å². The standard InChI is InChI=1S/C14H28N2O2/c1-8-15-10(4)13(18)16-12(14(5,6)7)11(17)9(2)3/h9-10,12,15H,8H2,1-7H3,(H,16,18)/t10-,12?/m0/s1. The van der Waals surface area contributed by atoms with Gasteiger partial charge in [0.15, 0.2) is 5.78 Å². The van der Waals surface area contributed by atoms with Crippen LogP contribution in [0.15, 0.2) is 0 Å². The average Bonchev–Trinajstić information content (AvgIpc) is 2.23. The Morgan fingerprint density at radius 2 is 1.61 bits per heavy atom. The molecule has 4 nitrogen and oxygen atoms in total. The number of likely N-dealkylation sites (N-methyl/N-ethyl adjacent to an activating group) is 1. The highest BCUT2D eigenvalue weighted by molar-refractivity contribution is 5.92. The Morgan fingerprint density at radius 1 is 1.11 bits per heavy atom. The number of Topliss-reactive ketones (excluding diaryl/α,β-unsaturated/α-hetero) is 1. The van der Waals surface area contributed by atoms with Gasteiger partial charge < -0.3 is 10.6 Å². The average molecular weight is 256 g/mol. The van der Waals surface area contributed by atoms with Gasteiger partial charge in [0, 0.05) is 5.92 Å². The van der Waals surface area contributed by atoms with Crippen LogP contribution >= 0.6 is 0 Å². The first-order valence-electron chi connectivity index (χ1n) is 6.68. The molecule has 1 unspecified atom stereocenters. The predicted octanol–water partition coefficient (Wildman–Crippen LogP) is 1.74. The lowest BCUT2D eigenvalue weighted by molar-refractivity contribution is -0.132. The quantitative estimate of drug-likeness (QED) is 0.761. The van der Waals surface area contributed by atoms with Gasteiger partial charge in [-0.2, -0.15) is 0 Å². The van der Waals surface area contributed by atoms with Gasteiger partial charge in [0.2, 0.25) is 5.91 Å². The molecule has 2 N–H and O–H groups in total. The van der Waals surface area contributed by atoms with Crippen LogP contribution in [0.4, 0.5) is 0 Å². The molecule has 0 rings (SSSR count). The number of ketones is 1. The molecule has 0 aromatic carbocycles. The summed E-state index contributed by atoms with van der Waals surface area (Å²) in [4.78, 5) is 24.2. The zero-order chi connectivity index (χ0) is 14.5. The number of nitrogens with one attached hydrogen (secondary N) is 2. The number of amides is 1. The lowest BCUT2D eigenvalue weighted by Crippen LogP contribution is -2.54. The molecule has 0 aliphatic rings. The summed E-state index contributed by atoms with van der Waals surface area (Å²) in [6.07, 6.45) is 0. The topological polar surface area (TPSA) is 58.2 Å². The van der Waals surface area contributed by atoms with E-state index in [1.165, 1.54) is 0 Å². The normalized spacial score (nSPS) is 15.3. The van der Waals surface area contributed by atoms with Crippen LogP contribution in [0, 0.1) is 11.3 Å². The highest BCUT2D eigenvalue weighted by Crippen LogP contribution is 2.22. The lowest BCUT2D eigenvalue weighted by Gasteiger charge is -2.32. The molecule has 4 heteroatoms. The van der Waals surface area contributed by atoms with E-state index in [0.29, 0.717) is 0 Å². The van der Waals surface area contributed by atoms with Crippen LogP contribution in [0.25, 0.3) is 0 Å². The van der Waals surface area contributed by atoms with Gasteiger partial charge >= 0.3 is 0 Å². The molecule has 0 aliphatic carbocycles. The molecule has 18 heavy (non-hydrogen) atoms. The second-order valence-electron chi connectivity index (χ2n) is 6.14. The van der Waals surface area contributed by atoms with Gasteiger partial charge in [-0.1, -0.05) is 41.5 Å². The minimum atomic E-state index is -0.439. The second kappa shape index (κ2) is 6.88. The van der Waals surface area contributed by atoms with Gasteiger partial charge in [0.05, 0.1) is 12.1 Å². The Balaban J connectivity index is 4.82. The number of carbonyl (C=O) groups is 2. The van der Waals surface area contributed by atoms with Crippen LogP contribution in [0.2, 0.25) is 0 Å². The van der Waals surface area contributed by atoms with Crippen molar-refractivity contribution in [2.45, 2.75) is 60.5 Å². The van der Waals surface area contributed by atoms with Crippen LogP contribution in [0.3, 0.4) is 0 Å². The van der Waals surface area contributed by atoms with Gasteiger partial charge in [0.1, 0.15) is 0 Å². The van der Waals surface area contributed by atoms with Crippen molar-refractivity contribution in [3.05, 3.63) is 0 Å². The van der Waals surface area contributed by atoms with Gasteiger partial charge in [-0.05, 0) is 18.9 Å². The maximum absolute atomic E-state index is 12.2. The monoisotopic (exact) mass is 256 g/mol. The maximum Gasteiger partial charge on any atom is 0.237 e. The summed E-state index contributed by atoms with van der Waals surface area (Å²) in [5.74, 6) is -0.116. The molecular weight excluding hydrogens is 228 g/mol. The van der Waals surface area contributed by atoms with Crippen molar-refractivity contribution in [3.63, 3.8) is 0 Å². The number of hydrogen-bond acceptors (Lipinski definition) is 3. The van der Waals surface area contributed by atoms with E-state index in [-0.39, 0.29) is 29.1 Å². The van der Waals surface area contributed by atoms with E-state index in [9.17, 15) is 9.59 Å². The highest BCUT2D eigenvalue weighted by Gasteiger charge is 2.34. The molecule has 0 heterocycles. The molecule has 0 aromatic heterocycles. The van der Waals surface area contributed by atoms with Gasteiger partial charge in [-0.15, -0.1) is 0 Å². The minimum absolute atomic E-state index is 0.0797. The summed E-state index contributed by atoms with van der Waals surface area (Å²) in [6, 6.07) is -0.717. The maximum atomic E-state index is 12.2. The molecule has 0 spiro atoms. The minimum Gasteiger partial charge on any atom is -0.344 e. The Labute approximate surface area is 111 Å². The van der Waals surface area contributed by atoms with E-state index >= 15 is 0 Å². The molecule has 2 atom stereocenters. The van der Waals surface area contributed by atoms with Gasteiger partial charge in [-0.3, -0.25) is 9.59 Å². The van der Waals surface area contributed by atoms with Crippen LogP contribution < -0.4 is 10.6 Å². The van der Waals surface area contributed by atoms with Crippen molar-refractivity contribution in [1.82, 2.24) is 10.6 Å². The lowest BCUT2D eigenvalue weighted by atomic mass is 9.81. The molecule has 0 fully saturated rings. The summed E-state index contributed by atoms with van der Waals surface area (Å²) in [7, 11) is 0. The fraction of sp³-hybridized carbons (Fsp3) is 0.857. The third-order valence-electron chi connectivity index (χ3n) is 2.91. The number of carbonyl (C=O) groups excluding carboxylic acids is 2. The van der Waals surface area contributed by atoms with Crippen molar-refractivity contribution >= 4 is 11.7 Å². The molecule has 0 bridgehead atoms. The number of rotatable bonds is 6. The largest absolute Gasteiger partial charge is 0.344 e. The zero-order valence-electron chi connectivity index (χ0n) is 12.8.